The number of nitrogens with one attached hydrogen (secondary N) is 1. The van der Waals surface area contributed by atoms with E-state index in [9.17, 15) is 10.1 Å². The third-order valence-electron chi connectivity index (χ3n) is 3.13. The summed E-state index contributed by atoms with van der Waals surface area (Å²) >= 11 is 1.47. The van der Waals surface area contributed by atoms with E-state index in [0.29, 0.717) is 17.0 Å². The van der Waals surface area contributed by atoms with E-state index in [-0.39, 0.29) is 5.91 Å². The van der Waals surface area contributed by atoms with E-state index < -0.39 is 0 Å². The molecule has 2 aromatic rings. The summed E-state index contributed by atoms with van der Waals surface area (Å²) in [5.74, 6) is -0.0865. The van der Waals surface area contributed by atoms with Crippen molar-refractivity contribution in [3.05, 3.63) is 51.9 Å². The molecule has 0 unspecified atom stereocenters. The Kier molecular flexibility index (Phi) is 4.54. The number of carbonyl (C=O) groups excluding carboxylic acids is 1. The molecule has 0 fully saturated rings. The number of aryl methyl sites for hydroxylation is 1. The smallest absolute Gasteiger partial charge is 0.229 e. The number of anilines is 1. The summed E-state index contributed by atoms with van der Waals surface area (Å²) in [7, 11) is 0. The van der Waals surface area contributed by atoms with Gasteiger partial charge in [0.05, 0.1) is 12.0 Å². The number of nitriles is 1. The second-order valence-electron chi connectivity index (χ2n) is 4.52. The Morgan fingerprint density at radius 1 is 1.35 bits per heavy atom. The normalized spacial score (nSPS) is 10.1. The number of carbonyl (C=O) groups is 1. The topological polar surface area (TPSA) is 52.9 Å². The molecule has 0 saturated heterocycles. The minimum absolute atomic E-state index is 0.0865. The van der Waals surface area contributed by atoms with Crippen LogP contribution in [0.5, 0.6) is 0 Å². The molecule has 0 saturated carbocycles. The van der Waals surface area contributed by atoms with Crippen molar-refractivity contribution in [2.24, 2.45) is 0 Å². The monoisotopic (exact) mass is 284 g/mol. The van der Waals surface area contributed by atoms with Gasteiger partial charge in [0.25, 0.3) is 0 Å². The van der Waals surface area contributed by atoms with Gasteiger partial charge in [0.2, 0.25) is 5.91 Å². The maximum atomic E-state index is 12.0. The van der Waals surface area contributed by atoms with Crippen molar-refractivity contribution < 1.29 is 4.79 Å². The summed E-state index contributed by atoms with van der Waals surface area (Å²) in [4.78, 5) is 13.1. The van der Waals surface area contributed by atoms with Crippen LogP contribution >= 0.6 is 11.3 Å². The highest BCUT2D eigenvalue weighted by atomic mass is 32.1. The second kappa shape index (κ2) is 6.36. The summed E-state index contributed by atoms with van der Waals surface area (Å²) in [5.41, 5.74) is 2.61. The van der Waals surface area contributed by atoms with Gasteiger partial charge in [-0.3, -0.25) is 4.79 Å². The fraction of sp³-hybridized carbons (Fsp3) is 0.250. The van der Waals surface area contributed by atoms with E-state index in [0.717, 1.165) is 22.4 Å². The molecule has 0 aliphatic rings. The predicted molar refractivity (Wildman–Crippen MR) is 81.9 cm³/mol. The van der Waals surface area contributed by atoms with Gasteiger partial charge in [0.15, 0.2) is 0 Å². The molecular formula is C16H16N2OS. The van der Waals surface area contributed by atoms with Crippen LogP contribution in [0, 0.1) is 18.3 Å². The van der Waals surface area contributed by atoms with Crippen LogP contribution in [-0.4, -0.2) is 5.91 Å². The lowest BCUT2D eigenvalue weighted by Crippen LogP contribution is -2.14. The van der Waals surface area contributed by atoms with Crippen molar-refractivity contribution in [2.75, 3.05) is 5.32 Å². The van der Waals surface area contributed by atoms with Gasteiger partial charge in [-0.1, -0.05) is 37.3 Å². The lowest BCUT2D eigenvalue weighted by Gasteiger charge is -2.03. The number of rotatable bonds is 4. The van der Waals surface area contributed by atoms with Gasteiger partial charge in [0.1, 0.15) is 11.1 Å². The van der Waals surface area contributed by atoms with Crippen molar-refractivity contribution in [2.45, 2.75) is 26.7 Å². The molecular weight excluding hydrogens is 268 g/mol. The maximum absolute atomic E-state index is 12.0. The Morgan fingerprint density at radius 3 is 2.65 bits per heavy atom. The second-order valence-corrected chi connectivity index (χ2v) is 5.74. The third-order valence-corrected chi connectivity index (χ3v) is 4.20. The van der Waals surface area contributed by atoms with E-state index >= 15 is 0 Å². The van der Waals surface area contributed by atoms with Gasteiger partial charge >= 0.3 is 0 Å². The Labute approximate surface area is 122 Å². The highest BCUT2D eigenvalue weighted by molar-refractivity contribution is 7.16. The summed E-state index contributed by atoms with van der Waals surface area (Å²) in [6.45, 7) is 4.00. The molecule has 1 aromatic carbocycles. The fourth-order valence-corrected chi connectivity index (χ4v) is 3.27. The van der Waals surface area contributed by atoms with Crippen molar-refractivity contribution in [1.82, 2.24) is 0 Å². The first-order valence-corrected chi connectivity index (χ1v) is 7.33. The quantitative estimate of drug-likeness (QED) is 0.931. The Morgan fingerprint density at radius 2 is 2.05 bits per heavy atom. The summed E-state index contributed by atoms with van der Waals surface area (Å²) in [6, 6.07) is 11.8. The number of hydrogen-bond acceptors (Lipinski definition) is 3. The highest BCUT2D eigenvalue weighted by Gasteiger charge is 2.16. The van der Waals surface area contributed by atoms with E-state index in [1.54, 1.807) is 0 Å². The molecule has 0 spiro atoms. The molecule has 0 bridgehead atoms. The van der Waals surface area contributed by atoms with Gasteiger partial charge in [-0.2, -0.15) is 5.26 Å². The fourth-order valence-electron chi connectivity index (χ4n) is 2.16. The Balaban J connectivity index is 2.15. The van der Waals surface area contributed by atoms with Crippen molar-refractivity contribution in [1.29, 1.82) is 5.26 Å². The third kappa shape index (κ3) is 3.06. The Bertz CT molecular complexity index is 653. The summed E-state index contributed by atoms with van der Waals surface area (Å²) < 4.78 is 0. The average molecular weight is 284 g/mol. The molecule has 1 amide bonds. The lowest BCUT2D eigenvalue weighted by atomic mass is 10.1. The lowest BCUT2D eigenvalue weighted by molar-refractivity contribution is -0.115. The molecule has 4 heteroatoms. The first kappa shape index (κ1) is 14.3. The average Bonchev–Trinajstić information content (AvgIpc) is 2.74. The molecule has 20 heavy (non-hydrogen) atoms. The SMILES string of the molecule is CCc1c(C)sc(NC(=O)Cc2ccccc2)c1C#N. The summed E-state index contributed by atoms with van der Waals surface area (Å²) in [6.07, 6.45) is 1.13. The van der Waals surface area contributed by atoms with Crippen LogP contribution in [0.4, 0.5) is 5.00 Å². The van der Waals surface area contributed by atoms with Gasteiger partial charge in [-0.25, -0.2) is 0 Å². The molecule has 102 valence electrons. The number of nitrogens with zero attached hydrogens (tertiary/aromatic N) is 1. The van der Waals surface area contributed by atoms with Crippen molar-refractivity contribution >= 4 is 22.2 Å². The molecule has 1 heterocycles. The molecule has 0 radical (unpaired) electrons. The van der Waals surface area contributed by atoms with Crippen LogP contribution in [0.3, 0.4) is 0 Å². The van der Waals surface area contributed by atoms with Gasteiger partial charge < -0.3 is 5.32 Å². The molecule has 3 nitrogen and oxygen atoms in total. The first-order valence-electron chi connectivity index (χ1n) is 6.51. The zero-order valence-corrected chi connectivity index (χ0v) is 12.4. The van der Waals surface area contributed by atoms with Crippen LogP contribution in [0.15, 0.2) is 30.3 Å². The molecule has 1 aromatic heterocycles. The standard InChI is InChI=1S/C16H16N2OS/c1-3-13-11(2)20-16(14(13)10-17)18-15(19)9-12-7-5-4-6-8-12/h4-8H,3,9H2,1-2H3,(H,18,19). The zero-order valence-electron chi connectivity index (χ0n) is 11.6. The summed E-state index contributed by atoms with van der Waals surface area (Å²) in [5, 5.41) is 12.8. The van der Waals surface area contributed by atoms with Gasteiger partial charge in [0, 0.05) is 4.88 Å². The van der Waals surface area contributed by atoms with E-state index in [1.807, 2.05) is 44.2 Å². The molecule has 1 N–H and O–H groups in total. The number of benzene rings is 1. The molecule has 0 atom stereocenters. The molecule has 0 aliphatic carbocycles. The zero-order chi connectivity index (χ0) is 14.5. The van der Waals surface area contributed by atoms with Crippen molar-refractivity contribution in [3.8, 4) is 6.07 Å². The van der Waals surface area contributed by atoms with Crippen molar-refractivity contribution in [3.63, 3.8) is 0 Å². The van der Waals surface area contributed by atoms with Crippen LogP contribution in [0.1, 0.15) is 28.5 Å². The minimum Gasteiger partial charge on any atom is -0.316 e. The molecule has 2 rings (SSSR count). The minimum atomic E-state index is -0.0865. The van der Waals surface area contributed by atoms with Crippen LogP contribution in [-0.2, 0) is 17.6 Å². The van der Waals surface area contributed by atoms with E-state index in [1.165, 1.54) is 11.3 Å². The molecule has 0 aliphatic heterocycles. The van der Waals surface area contributed by atoms with E-state index in [2.05, 4.69) is 11.4 Å². The Hall–Kier alpha value is -2.12. The predicted octanol–water partition coefficient (Wildman–Crippen LogP) is 3.67. The van der Waals surface area contributed by atoms with Crippen LogP contribution < -0.4 is 5.32 Å². The number of thiophene rings is 1. The van der Waals surface area contributed by atoms with E-state index in [4.69, 9.17) is 0 Å². The highest BCUT2D eigenvalue weighted by Crippen LogP contribution is 2.32. The van der Waals surface area contributed by atoms with Crippen LogP contribution in [0.25, 0.3) is 0 Å². The maximum Gasteiger partial charge on any atom is 0.229 e. The number of amides is 1. The van der Waals surface area contributed by atoms with Crippen LogP contribution in [0.2, 0.25) is 0 Å². The number of hydrogen-bond donors (Lipinski definition) is 1. The largest absolute Gasteiger partial charge is 0.316 e. The van der Waals surface area contributed by atoms with Gasteiger partial charge in [-0.05, 0) is 24.5 Å². The van der Waals surface area contributed by atoms with Gasteiger partial charge in [-0.15, -0.1) is 11.3 Å². The first-order chi connectivity index (χ1) is 9.65.